The van der Waals surface area contributed by atoms with Crippen molar-refractivity contribution in [3.8, 4) is 17.6 Å². The lowest BCUT2D eigenvalue weighted by atomic mass is 10.2. The molecule has 0 aliphatic heterocycles. The molecule has 2 rings (SSSR count). The summed E-state index contributed by atoms with van der Waals surface area (Å²) in [6.07, 6.45) is 1.56. The average molecular weight is 210 g/mol. The summed E-state index contributed by atoms with van der Waals surface area (Å²) in [7, 11) is 0. The summed E-state index contributed by atoms with van der Waals surface area (Å²) in [5.74, 6) is 1.37. The maximum absolute atomic E-state index is 8.70. The van der Waals surface area contributed by atoms with E-state index in [0.29, 0.717) is 11.4 Å². The van der Waals surface area contributed by atoms with E-state index in [1.807, 2.05) is 37.3 Å². The van der Waals surface area contributed by atoms with Crippen molar-refractivity contribution in [2.45, 2.75) is 6.92 Å². The largest absolute Gasteiger partial charge is 0.457 e. The van der Waals surface area contributed by atoms with Crippen LogP contribution in [0.3, 0.4) is 0 Å². The molecule has 0 amide bonds. The number of ether oxygens (including phenoxy) is 1. The van der Waals surface area contributed by atoms with Crippen LogP contribution in [0.4, 0.5) is 0 Å². The number of nitrogens with zero attached hydrogens (tertiary/aromatic N) is 2. The Hall–Kier alpha value is -2.34. The van der Waals surface area contributed by atoms with Crippen LogP contribution >= 0.6 is 0 Å². The van der Waals surface area contributed by atoms with Crippen LogP contribution in [0.1, 0.15) is 11.3 Å². The van der Waals surface area contributed by atoms with Crippen LogP contribution in [0.2, 0.25) is 0 Å². The number of aromatic nitrogens is 1. The second-order valence-corrected chi connectivity index (χ2v) is 3.40. The highest BCUT2D eigenvalue weighted by molar-refractivity contribution is 5.35. The number of hydrogen-bond donors (Lipinski definition) is 0. The highest BCUT2D eigenvalue weighted by atomic mass is 16.5. The summed E-state index contributed by atoms with van der Waals surface area (Å²) in [5.41, 5.74) is 1.53. The molecular weight excluding hydrogens is 200 g/mol. The minimum atomic E-state index is 0.351. The zero-order chi connectivity index (χ0) is 11.4. The molecule has 16 heavy (non-hydrogen) atoms. The smallest absolute Gasteiger partial charge is 0.144 e. The lowest BCUT2D eigenvalue weighted by Crippen LogP contribution is -1.87. The molecule has 0 spiro atoms. The second kappa shape index (κ2) is 4.45. The third kappa shape index (κ3) is 2.37. The number of aryl methyl sites for hydroxylation is 1. The van der Waals surface area contributed by atoms with E-state index in [1.54, 1.807) is 18.3 Å². The van der Waals surface area contributed by atoms with E-state index in [0.717, 1.165) is 5.75 Å². The van der Waals surface area contributed by atoms with Gasteiger partial charge in [-0.05, 0) is 25.1 Å². The predicted molar refractivity (Wildman–Crippen MR) is 60.2 cm³/mol. The van der Waals surface area contributed by atoms with E-state index in [4.69, 9.17) is 10.00 Å². The molecule has 2 aromatic rings. The molecular formula is C13H10N2O. The summed E-state index contributed by atoms with van der Waals surface area (Å²) in [6.45, 7) is 2.02. The van der Waals surface area contributed by atoms with Crippen LogP contribution in [0.15, 0.2) is 42.6 Å². The normalized spacial score (nSPS) is 9.50. The van der Waals surface area contributed by atoms with Gasteiger partial charge in [0.05, 0.1) is 0 Å². The van der Waals surface area contributed by atoms with Crippen molar-refractivity contribution >= 4 is 0 Å². The fraction of sp³-hybridized carbons (Fsp3) is 0.0769. The Labute approximate surface area is 93.9 Å². The fourth-order valence-corrected chi connectivity index (χ4v) is 1.28. The van der Waals surface area contributed by atoms with Gasteiger partial charge in [0.1, 0.15) is 23.3 Å². The lowest BCUT2D eigenvalue weighted by Gasteiger charge is -2.05. The standard InChI is InChI=1S/C13H10N2O/c1-10-2-4-12(5-3-10)16-13-6-7-15-11(8-13)9-14/h2-8H,1H3. The second-order valence-electron chi connectivity index (χ2n) is 3.40. The van der Waals surface area contributed by atoms with Crippen molar-refractivity contribution in [1.82, 2.24) is 4.98 Å². The predicted octanol–water partition coefficient (Wildman–Crippen LogP) is 3.05. The minimum Gasteiger partial charge on any atom is -0.457 e. The van der Waals surface area contributed by atoms with Gasteiger partial charge in [0.25, 0.3) is 0 Å². The molecule has 78 valence electrons. The molecule has 3 heteroatoms. The van der Waals surface area contributed by atoms with E-state index in [9.17, 15) is 0 Å². The van der Waals surface area contributed by atoms with Crippen molar-refractivity contribution in [2.24, 2.45) is 0 Å². The van der Waals surface area contributed by atoms with E-state index < -0.39 is 0 Å². The Balaban J connectivity index is 2.21. The van der Waals surface area contributed by atoms with Crippen molar-refractivity contribution in [1.29, 1.82) is 5.26 Å². The van der Waals surface area contributed by atoms with Crippen LogP contribution in [0, 0.1) is 18.3 Å². The summed E-state index contributed by atoms with van der Waals surface area (Å²) in [6, 6.07) is 13.0. The number of benzene rings is 1. The summed E-state index contributed by atoms with van der Waals surface area (Å²) < 4.78 is 5.58. The third-order valence-corrected chi connectivity index (χ3v) is 2.10. The fourth-order valence-electron chi connectivity index (χ4n) is 1.28. The van der Waals surface area contributed by atoms with E-state index in [1.165, 1.54) is 5.56 Å². The maximum atomic E-state index is 8.70. The van der Waals surface area contributed by atoms with Gasteiger partial charge in [0, 0.05) is 12.3 Å². The molecule has 0 atom stereocenters. The van der Waals surface area contributed by atoms with Crippen LogP contribution in [0.5, 0.6) is 11.5 Å². The van der Waals surface area contributed by atoms with Crippen molar-refractivity contribution in [3.05, 3.63) is 53.9 Å². The molecule has 0 bridgehead atoms. The van der Waals surface area contributed by atoms with Gasteiger partial charge < -0.3 is 4.74 Å². The highest BCUT2D eigenvalue weighted by Gasteiger charge is 1.99. The molecule has 0 radical (unpaired) electrons. The first-order chi connectivity index (χ1) is 7.78. The molecule has 0 aliphatic rings. The third-order valence-electron chi connectivity index (χ3n) is 2.10. The lowest BCUT2D eigenvalue weighted by molar-refractivity contribution is 0.481. The van der Waals surface area contributed by atoms with Gasteiger partial charge in [-0.3, -0.25) is 0 Å². The van der Waals surface area contributed by atoms with Gasteiger partial charge in [-0.25, -0.2) is 4.98 Å². The zero-order valence-electron chi connectivity index (χ0n) is 8.84. The van der Waals surface area contributed by atoms with Crippen LogP contribution in [-0.2, 0) is 0 Å². The van der Waals surface area contributed by atoms with Crippen LogP contribution in [0.25, 0.3) is 0 Å². The molecule has 3 nitrogen and oxygen atoms in total. The molecule has 0 unspecified atom stereocenters. The molecule has 0 N–H and O–H groups in total. The molecule has 0 fully saturated rings. The molecule has 0 saturated carbocycles. The van der Waals surface area contributed by atoms with Gasteiger partial charge in [-0.1, -0.05) is 17.7 Å². The van der Waals surface area contributed by atoms with Gasteiger partial charge in [0.2, 0.25) is 0 Å². The molecule has 0 aliphatic carbocycles. The monoisotopic (exact) mass is 210 g/mol. The molecule has 1 aromatic heterocycles. The van der Waals surface area contributed by atoms with E-state index in [-0.39, 0.29) is 0 Å². The highest BCUT2D eigenvalue weighted by Crippen LogP contribution is 2.21. The molecule has 1 heterocycles. The molecule has 1 aromatic carbocycles. The first-order valence-electron chi connectivity index (χ1n) is 4.88. The Bertz CT molecular complexity index is 526. The summed E-state index contributed by atoms with van der Waals surface area (Å²) in [5, 5.41) is 8.70. The molecule has 0 saturated heterocycles. The minimum absolute atomic E-state index is 0.351. The first kappa shape index (κ1) is 10.2. The summed E-state index contributed by atoms with van der Waals surface area (Å²) in [4.78, 5) is 3.87. The van der Waals surface area contributed by atoms with Gasteiger partial charge >= 0.3 is 0 Å². The number of nitriles is 1. The van der Waals surface area contributed by atoms with E-state index >= 15 is 0 Å². The van der Waals surface area contributed by atoms with Crippen molar-refractivity contribution in [3.63, 3.8) is 0 Å². The van der Waals surface area contributed by atoms with Crippen molar-refractivity contribution < 1.29 is 4.74 Å². The maximum Gasteiger partial charge on any atom is 0.144 e. The summed E-state index contributed by atoms with van der Waals surface area (Å²) >= 11 is 0. The van der Waals surface area contributed by atoms with Gasteiger partial charge in [0.15, 0.2) is 0 Å². The van der Waals surface area contributed by atoms with Crippen LogP contribution < -0.4 is 4.74 Å². The Morgan fingerprint density at radius 1 is 1.12 bits per heavy atom. The van der Waals surface area contributed by atoms with Gasteiger partial charge in [-0.15, -0.1) is 0 Å². The Kier molecular flexibility index (Phi) is 2.84. The zero-order valence-corrected chi connectivity index (χ0v) is 8.84. The van der Waals surface area contributed by atoms with Crippen molar-refractivity contribution in [2.75, 3.05) is 0 Å². The number of hydrogen-bond acceptors (Lipinski definition) is 3. The Morgan fingerprint density at radius 3 is 2.56 bits per heavy atom. The average Bonchev–Trinajstić information content (AvgIpc) is 2.32. The number of rotatable bonds is 2. The number of pyridine rings is 1. The Morgan fingerprint density at radius 2 is 1.88 bits per heavy atom. The SMILES string of the molecule is Cc1ccc(Oc2ccnc(C#N)c2)cc1. The topological polar surface area (TPSA) is 45.9 Å². The quantitative estimate of drug-likeness (QED) is 0.765. The van der Waals surface area contributed by atoms with Crippen LogP contribution in [-0.4, -0.2) is 4.98 Å². The van der Waals surface area contributed by atoms with E-state index in [2.05, 4.69) is 4.98 Å². The first-order valence-corrected chi connectivity index (χ1v) is 4.88. The van der Waals surface area contributed by atoms with Gasteiger partial charge in [-0.2, -0.15) is 5.26 Å².